The van der Waals surface area contributed by atoms with Gasteiger partial charge in [-0.3, -0.25) is 10.1 Å². The molecule has 116 valence electrons. The molecule has 0 saturated heterocycles. The molecule has 6 nitrogen and oxygen atoms in total. The largest absolute Gasteiger partial charge is 0.373 e. The Kier molecular flexibility index (Phi) is 5.36. The molecule has 1 saturated carbocycles. The Hall–Kier alpha value is -1.85. The minimum atomic E-state index is -0.391. The molecule has 1 heterocycles. The number of pyridine rings is 1. The molecule has 0 amide bonds. The van der Waals surface area contributed by atoms with Gasteiger partial charge in [-0.05, 0) is 30.7 Å². The summed E-state index contributed by atoms with van der Waals surface area (Å²) >= 11 is 0. The van der Waals surface area contributed by atoms with Crippen LogP contribution >= 0.6 is 0 Å². The molecule has 21 heavy (non-hydrogen) atoms. The minimum Gasteiger partial charge on any atom is -0.373 e. The Labute approximate surface area is 125 Å². The molecule has 1 aliphatic rings. The zero-order valence-electron chi connectivity index (χ0n) is 12.8. The summed E-state index contributed by atoms with van der Waals surface area (Å²) in [5.41, 5.74) is 0.0333. The summed E-state index contributed by atoms with van der Waals surface area (Å²) in [6.07, 6.45) is 6.24. The number of nitrogens with one attached hydrogen (secondary N) is 2. The molecule has 2 N–H and O–H groups in total. The maximum Gasteiger partial charge on any atom is 0.311 e. The predicted octanol–water partition coefficient (Wildman–Crippen LogP) is 3.66. The smallest absolute Gasteiger partial charge is 0.311 e. The van der Waals surface area contributed by atoms with Crippen molar-refractivity contribution in [3.8, 4) is 0 Å². The number of nitro groups is 1. The van der Waals surface area contributed by atoms with Gasteiger partial charge in [0.2, 0.25) is 5.82 Å². The van der Waals surface area contributed by atoms with Crippen molar-refractivity contribution >= 4 is 17.3 Å². The maximum atomic E-state index is 11.0. The van der Waals surface area contributed by atoms with Gasteiger partial charge in [0.1, 0.15) is 5.82 Å². The Morgan fingerprint density at radius 1 is 1.43 bits per heavy atom. The van der Waals surface area contributed by atoms with Crippen LogP contribution in [0, 0.1) is 22.0 Å². The van der Waals surface area contributed by atoms with Crippen LogP contribution in [0.4, 0.5) is 17.3 Å². The highest BCUT2D eigenvalue weighted by Gasteiger charge is 2.20. The molecule has 6 heteroatoms. The number of hydrogen-bond donors (Lipinski definition) is 2. The Morgan fingerprint density at radius 3 is 2.90 bits per heavy atom. The van der Waals surface area contributed by atoms with Crippen molar-refractivity contribution in [3.05, 3.63) is 22.2 Å². The van der Waals surface area contributed by atoms with E-state index < -0.39 is 4.92 Å². The SMILES string of the molecule is CNc1ccc([N+](=O)[O-])c(NCCC2CCCC(C)C2)n1. The third kappa shape index (κ3) is 4.31. The number of rotatable bonds is 6. The van der Waals surface area contributed by atoms with E-state index in [0.717, 1.165) is 24.8 Å². The molecule has 2 atom stereocenters. The van der Waals surface area contributed by atoms with Gasteiger partial charge in [0, 0.05) is 19.7 Å². The highest BCUT2D eigenvalue weighted by Crippen LogP contribution is 2.31. The molecule has 0 aromatic carbocycles. The average molecular weight is 292 g/mol. The average Bonchev–Trinajstić information content (AvgIpc) is 2.47. The second-order valence-corrected chi connectivity index (χ2v) is 5.92. The topological polar surface area (TPSA) is 80.1 Å². The lowest BCUT2D eigenvalue weighted by Gasteiger charge is -2.26. The van der Waals surface area contributed by atoms with Crippen LogP contribution < -0.4 is 10.6 Å². The van der Waals surface area contributed by atoms with Crippen molar-refractivity contribution < 1.29 is 4.92 Å². The summed E-state index contributed by atoms with van der Waals surface area (Å²) in [6.45, 7) is 3.04. The highest BCUT2D eigenvalue weighted by atomic mass is 16.6. The molecule has 1 aromatic rings. The second kappa shape index (κ2) is 7.24. The van der Waals surface area contributed by atoms with Crippen LogP contribution in [0.25, 0.3) is 0 Å². The van der Waals surface area contributed by atoms with E-state index in [2.05, 4.69) is 22.5 Å². The number of nitrogens with zero attached hydrogens (tertiary/aromatic N) is 2. The van der Waals surface area contributed by atoms with Crippen LogP contribution in [-0.4, -0.2) is 23.5 Å². The third-order valence-electron chi connectivity index (χ3n) is 4.22. The Morgan fingerprint density at radius 2 is 2.24 bits per heavy atom. The number of anilines is 2. The zero-order chi connectivity index (χ0) is 15.2. The van der Waals surface area contributed by atoms with E-state index >= 15 is 0 Å². The maximum absolute atomic E-state index is 11.0. The summed E-state index contributed by atoms with van der Waals surface area (Å²) in [6, 6.07) is 3.11. The van der Waals surface area contributed by atoms with E-state index in [4.69, 9.17) is 0 Å². The quantitative estimate of drug-likeness (QED) is 0.618. The van der Waals surface area contributed by atoms with Gasteiger partial charge in [0.05, 0.1) is 4.92 Å². The lowest BCUT2D eigenvalue weighted by atomic mass is 9.81. The van der Waals surface area contributed by atoms with Crippen molar-refractivity contribution in [3.63, 3.8) is 0 Å². The molecule has 2 rings (SSSR count). The molecule has 1 aromatic heterocycles. The summed E-state index contributed by atoms with van der Waals surface area (Å²) in [4.78, 5) is 14.9. The van der Waals surface area contributed by atoms with Gasteiger partial charge in [0.25, 0.3) is 0 Å². The number of aromatic nitrogens is 1. The van der Waals surface area contributed by atoms with E-state index in [1.165, 1.54) is 31.7 Å². The van der Waals surface area contributed by atoms with Gasteiger partial charge in [0.15, 0.2) is 0 Å². The normalized spacial score (nSPS) is 21.8. The predicted molar refractivity (Wildman–Crippen MR) is 84.7 cm³/mol. The van der Waals surface area contributed by atoms with Gasteiger partial charge in [-0.25, -0.2) is 4.98 Å². The van der Waals surface area contributed by atoms with Gasteiger partial charge in [-0.2, -0.15) is 0 Å². The monoisotopic (exact) mass is 292 g/mol. The van der Waals surface area contributed by atoms with Crippen molar-refractivity contribution in [2.45, 2.75) is 39.0 Å². The fourth-order valence-electron chi connectivity index (χ4n) is 3.09. The lowest BCUT2D eigenvalue weighted by molar-refractivity contribution is -0.384. The molecule has 1 aliphatic carbocycles. The minimum absolute atomic E-state index is 0.0333. The first-order chi connectivity index (χ1) is 10.1. The standard InChI is InChI=1S/C15H24N4O2/c1-11-4-3-5-12(10-11)8-9-17-15-13(19(20)21)6-7-14(16-2)18-15/h6-7,11-12H,3-5,8-10H2,1-2H3,(H2,16,17,18). The molecule has 0 spiro atoms. The molecule has 2 unspecified atom stereocenters. The highest BCUT2D eigenvalue weighted by molar-refractivity contribution is 5.60. The van der Waals surface area contributed by atoms with E-state index in [1.54, 1.807) is 13.1 Å². The van der Waals surface area contributed by atoms with Gasteiger partial charge >= 0.3 is 5.69 Å². The Balaban J connectivity index is 1.93. The Bertz CT molecular complexity index is 493. The molecule has 0 bridgehead atoms. The third-order valence-corrected chi connectivity index (χ3v) is 4.22. The first-order valence-electron chi connectivity index (χ1n) is 7.67. The van der Waals surface area contributed by atoms with Gasteiger partial charge in [-0.1, -0.05) is 26.2 Å². The van der Waals surface area contributed by atoms with Crippen LogP contribution in [0.5, 0.6) is 0 Å². The van der Waals surface area contributed by atoms with E-state index in [0.29, 0.717) is 11.6 Å². The van der Waals surface area contributed by atoms with Crippen LogP contribution in [0.1, 0.15) is 39.0 Å². The molecular formula is C15H24N4O2. The molecular weight excluding hydrogens is 268 g/mol. The summed E-state index contributed by atoms with van der Waals surface area (Å²) in [7, 11) is 1.75. The molecule has 1 fully saturated rings. The van der Waals surface area contributed by atoms with Crippen LogP contribution in [0.3, 0.4) is 0 Å². The van der Waals surface area contributed by atoms with Crippen LogP contribution in [-0.2, 0) is 0 Å². The molecule has 0 radical (unpaired) electrons. The van der Waals surface area contributed by atoms with Crippen molar-refractivity contribution in [1.29, 1.82) is 0 Å². The fourth-order valence-corrected chi connectivity index (χ4v) is 3.09. The van der Waals surface area contributed by atoms with Crippen molar-refractivity contribution in [2.75, 3.05) is 24.2 Å². The van der Waals surface area contributed by atoms with E-state index in [1.807, 2.05) is 0 Å². The van der Waals surface area contributed by atoms with Crippen LogP contribution in [0.2, 0.25) is 0 Å². The zero-order valence-corrected chi connectivity index (χ0v) is 12.8. The molecule has 0 aliphatic heterocycles. The van der Waals surface area contributed by atoms with Gasteiger partial charge < -0.3 is 10.6 Å². The second-order valence-electron chi connectivity index (χ2n) is 5.92. The van der Waals surface area contributed by atoms with Crippen molar-refractivity contribution in [1.82, 2.24) is 4.98 Å². The van der Waals surface area contributed by atoms with Gasteiger partial charge in [-0.15, -0.1) is 0 Å². The summed E-state index contributed by atoms with van der Waals surface area (Å²) in [5.74, 6) is 2.53. The lowest BCUT2D eigenvalue weighted by Crippen LogP contribution is -2.17. The van der Waals surface area contributed by atoms with Crippen molar-refractivity contribution in [2.24, 2.45) is 11.8 Å². The summed E-state index contributed by atoms with van der Waals surface area (Å²) < 4.78 is 0. The first kappa shape index (κ1) is 15.5. The van der Waals surface area contributed by atoms with E-state index in [9.17, 15) is 10.1 Å². The first-order valence-corrected chi connectivity index (χ1v) is 7.67. The van der Waals surface area contributed by atoms with Crippen LogP contribution in [0.15, 0.2) is 12.1 Å². The fraction of sp³-hybridized carbons (Fsp3) is 0.667. The summed E-state index contributed by atoms with van der Waals surface area (Å²) in [5, 5.41) is 17.1. The van der Waals surface area contributed by atoms with E-state index in [-0.39, 0.29) is 5.69 Å². The number of hydrogen-bond acceptors (Lipinski definition) is 5.